The third-order valence-electron chi connectivity index (χ3n) is 4.83. The fourth-order valence-corrected chi connectivity index (χ4v) is 3.31. The van der Waals surface area contributed by atoms with Gasteiger partial charge in [0.1, 0.15) is 0 Å². The highest BCUT2D eigenvalue weighted by Crippen LogP contribution is 2.31. The van der Waals surface area contributed by atoms with Crippen LogP contribution in [0.15, 0.2) is 0 Å². The van der Waals surface area contributed by atoms with Crippen LogP contribution in [0, 0.1) is 0 Å². The van der Waals surface area contributed by atoms with Gasteiger partial charge in [0, 0.05) is 25.2 Å². The fourth-order valence-electron chi connectivity index (χ4n) is 3.31. The van der Waals surface area contributed by atoms with E-state index in [9.17, 15) is 4.79 Å². The smallest absolute Gasteiger partial charge is 0.314 e. The van der Waals surface area contributed by atoms with Crippen molar-refractivity contribution < 1.29 is 9.53 Å². The molecule has 5 nitrogen and oxygen atoms in total. The van der Waals surface area contributed by atoms with Crippen LogP contribution in [0.3, 0.4) is 0 Å². The predicted molar refractivity (Wildman–Crippen MR) is 79.9 cm³/mol. The van der Waals surface area contributed by atoms with Crippen LogP contribution < -0.4 is 10.6 Å². The summed E-state index contributed by atoms with van der Waals surface area (Å²) in [5.41, 5.74) is 0.138. The van der Waals surface area contributed by atoms with Crippen LogP contribution in [0.5, 0.6) is 0 Å². The Bertz CT molecular complexity index is 308. The summed E-state index contributed by atoms with van der Waals surface area (Å²) < 4.78 is 5.51. The van der Waals surface area contributed by atoms with Crippen molar-refractivity contribution in [1.82, 2.24) is 15.5 Å². The number of ether oxygens (including phenoxy) is 1. The molecule has 1 unspecified atom stereocenters. The van der Waals surface area contributed by atoms with Crippen molar-refractivity contribution in [2.24, 2.45) is 0 Å². The zero-order valence-corrected chi connectivity index (χ0v) is 12.9. The van der Waals surface area contributed by atoms with E-state index >= 15 is 0 Å². The van der Waals surface area contributed by atoms with E-state index < -0.39 is 0 Å². The van der Waals surface area contributed by atoms with Gasteiger partial charge >= 0.3 is 6.03 Å². The summed E-state index contributed by atoms with van der Waals surface area (Å²) in [6.07, 6.45) is 8.56. The Labute approximate surface area is 122 Å². The molecule has 1 saturated heterocycles. The molecule has 1 atom stereocenters. The Hall–Kier alpha value is -0.810. The Balaban J connectivity index is 1.72. The lowest BCUT2D eigenvalue weighted by Crippen LogP contribution is -2.55. The molecule has 0 aromatic rings. The maximum Gasteiger partial charge on any atom is 0.314 e. The van der Waals surface area contributed by atoms with E-state index in [1.807, 2.05) is 0 Å². The molecule has 2 fully saturated rings. The van der Waals surface area contributed by atoms with Crippen molar-refractivity contribution >= 4 is 6.03 Å². The first-order valence-corrected chi connectivity index (χ1v) is 7.93. The van der Waals surface area contributed by atoms with Crippen LogP contribution in [-0.4, -0.2) is 56.4 Å². The molecule has 1 aliphatic heterocycles. The van der Waals surface area contributed by atoms with E-state index in [1.165, 1.54) is 32.1 Å². The molecule has 0 radical (unpaired) electrons. The van der Waals surface area contributed by atoms with Gasteiger partial charge in [-0.1, -0.05) is 19.3 Å². The number of amides is 2. The monoisotopic (exact) mass is 283 g/mol. The molecular weight excluding hydrogens is 254 g/mol. The second-order valence-electron chi connectivity index (χ2n) is 6.38. The number of urea groups is 1. The summed E-state index contributed by atoms with van der Waals surface area (Å²) in [4.78, 5) is 14.2. The van der Waals surface area contributed by atoms with Crippen molar-refractivity contribution in [3.05, 3.63) is 0 Å². The third kappa shape index (κ3) is 4.09. The maximum atomic E-state index is 11.9. The second-order valence-corrected chi connectivity index (χ2v) is 6.38. The van der Waals surface area contributed by atoms with Crippen molar-refractivity contribution in [2.75, 3.05) is 33.8 Å². The number of hydrogen-bond acceptors (Lipinski definition) is 3. The normalized spacial score (nSPS) is 25.6. The van der Waals surface area contributed by atoms with Crippen LogP contribution >= 0.6 is 0 Å². The molecule has 1 heterocycles. The standard InChI is InChI=1S/C15H29N3O2/c1-18(2)15(8-4-3-5-9-15)12-17-14(19)16-11-13-7-6-10-20-13/h13H,3-12H2,1-2H3,(H2,16,17,19). The van der Waals surface area contributed by atoms with Gasteiger partial charge in [-0.05, 0) is 39.8 Å². The highest BCUT2D eigenvalue weighted by Gasteiger charge is 2.34. The lowest BCUT2D eigenvalue weighted by Gasteiger charge is -2.43. The van der Waals surface area contributed by atoms with E-state index in [1.54, 1.807) is 0 Å². The third-order valence-corrected chi connectivity index (χ3v) is 4.83. The first-order valence-electron chi connectivity index (χ1n) is 7.93. The fraction of sp³-hybridized carbons (Fsp3) is 0.933. The molecule has 0 spiro atoms. The maximum absolute atomic E-state index is 11.9. The minimum Gasteiger partial charge on any atom is -0.376 e. The first-order chi connectivity index (χ1) is 9.62. The topological polar surface area (TPSA) is 53.6 Å². The quantitative estimate of drug-likeness (QED) is 0.808. The molecular formula is C15H29N3O2. The van der Waals surface area contributed by atoms with E-state index in [0.29, 0.717) is 6.54 Å². The zero-order chi connectivity index (χ0) is 14.4. The SMILES string of the molecule is CN(C)C1(CNC(=O)NCC2CCCO2)CCCCC1. The first kappa shape index (κ1) is 15.6. The van der Waals surface area contributed by atoms with Gasteiger partial charge in [-0.25, -0.2) is 4.79 Å². The predicted octanol–water partition coefficient (Wildman–Crippen LogP) is 1.73. The van der Waals surface area contributed by atoms with Crippen LogP contribution in [0.25, 0.3) is 0 Å². The highest BCUT2D eigenvalue weighted by molar-refractivity contribution is 5.73. The van der Waals surface area contributed by atoms with Gasteiger partial charge in [0.25, 0.3) is 0 Å². The number of hydrogen-bond donors (Lipinski definition) is 2. The average molecular weight is 283 g/mol. The largest absolute Gasteiger partial charge is 0.376 e. The van der Waals surface area contributed by atoms with Crippen molar-refractivity contribution in [2.45, 2.75) is 56.6 Å². The van der Waals surface area contributed by atoms with Crippen LogP contribution in [0.1, 0.15) is 44.9 Å². The number of rotatable bonds is 5. The minimum atomic E-state index is -0.0627. The van der Waals surface area contributed by atoms with Crippen LogP contribution in [0.4, 0.5) is 4.79 Å². The van der Waals surface area contributed by atoms with Gasteiger partial charge in [-0.2, -0.15) is 0 Å². The zero-order valence-electron chi connectivity index (χ0n) is 12.9. The Kier molecular flexibility index (Phi) is 5.66. The van der Waals surface area contributed by atoms with E-state index in [-0.39, 0.29) is 17.7 Å². The molecule has 116 valence electrons. The van der Waals surface area contributed by atoms with Gasteiger partial charge in [0.15, 0.2) is 0 Å². The Morgan fingerprint density at radius 3 is 2.55 bits per heavy atom. The summed E-state index contributed by atoms with van der Waals surface area (Å²) in [5, 5.41) is 5.98. The molecule has 1 saturated carbocycles. The molecule has 2 N–H and O–H groups in total. The Morgan fingerprint density at radius 2 is 1.95 bits per heavy atom. The van der Waals surface area contributed by atoms with Crippen molar-refractivity contribution in [3.63, 3.8) is 0 Å². The molecule has 1 aliphatic carbocycles. The van der Waals surface area contributed by atoms with Gasteiger partial charge in [0.05, 0.1) is 6.10 Å². The summed E-state index contributed by atoms with van der Waals surface area (Å²) in [6.45, 7) is 2.19. The summed E-state index contributed by atoms with van der Waals surface area (Å²) in [7, 11) is 4.24. The summed E-state index contributed by atoms with van der Waals surface area (Å²) >= 11 is 0. The Morgan fingerprint density at radius 1 is 1.20 bits per heavy atom. The van der Waals surface area contributed by atoms with Gasteiger partial charge in [-0.15, -0.1) is 0 Å². The van der Waals surface area contributed by atoms with Crippen molar-refractivity contribution in [3.8, 4) is 0 Å². The molecule has 2 aliphatic rings. The molecule has 0 bridgehead atoms. The molecule has 5 heteroatoms. The molecule has 0 aromatic heterocycles. The highest BCUT2D eigenvalue weighted by atomic mass is 16.5. The van der Waals surface area contributed by atoms with E-state index in [4.69, 9.17) is 4.74 Å². The number of carbonyl (C=O) groups excluding carboxylic acids is 1. The average Bonchev–Trinajstić information content (AvgIpc) is 2.97. The van der Waals surface area contributed by atoms with E-state index in [2.05, 4.69) is 29.6 Å². The van der Waals surface area contributed by atoms with Gasteiger partial charge < -0.3 is 20.3 Å². The lowest BCUT2D eigenvalue weighted by atomic mass is 9.80. The van der Waals surface area contributed by atoms with Gasteiger partial charge in [0.2, 0.25) is 0 Å². The second kappa shape index (κ2) is 7.27. The lowest BCUT2D eigenvalue weighted by molar-refractivity contribution is 0.0984. The summed E-state index contributed by atoms with van der Waals surface area (Å²) in [6, 6.07) is -0.0627. The van der Waals surface area contributed by atoms with Crippen LogP contribution in [0.2, 0.25) is 0 Å². The van der Waals surface area contributed by atoms with Crippen LogP contribution in [-0.2, 0) is 4.74 Å². The molecule has 2 amide bonds. The molecule has 2 rings (SSSR count). The molecule has 0 aromatic carbocycles. The summed E-state index contributed by atoms with van der Waals surface area (Å²) in [5.74, 6) is 0. The number of nitrogens with zero attached hydrogens (tertiary/aromatic N) is 1. The number of carbonyl (C=O) groups is 1. The number of nitrogens with one attached hydrogen (secondary N) is 2. The van der Waals surface area contributed by atoms with Crippen molar-refractivity contribution in [1.29, 1.82) is 0 Å². The van der Waals surface area contributed by atoms with E-state index in [0.717, 1.165) is 26.0 Å². The van der Waals surface area contributed by atoms with Gasteiger partial charge in [-0.3, -0.25) is 0 Å². The number of likely N-dealkylation sites (N-methyl/N-ethyl adjacent to an activating group) is 1. The molecule has 20 heavy (non-hydrogen) atoms. The minimum absolute atomic E-state index is 0.0627.